The summed E-state index contributed by atoms with van der Waals surface area (Å²) in [5.41, 5.74) is 2.16. The van der Waals surface area contributed by atoms with Gasteiger partial charge in [-0.1, -0.05) is 41.9 Å². The van der Waals surface area contributed by atoms with Crippen LogP contribution in [-0.2, 0) is 14.8 Å². The van der Waals surface area contributed by atoms with Crippen molar-refractivity contribution in [2.24, 2.45) is 0 Å². The first-order valence-electron chi connectivity index (χ1n) is 10.6. The monoisotopic (exact) mass is 498 g/mol. The SMILES string of the molecule is O=C(Nc1ccc(Cl)cc1)N[C@@H](C(=O)Nc1ccc(N2CCCS2(=O)=O)cc1)c1ccccc1. The van der Waals surface area contributed by atoms with Crippen molar-refractivity contribution in [3.05, 3.63) is 89.4 Å². The molecule has 0 aromatic heterocycles. The van der Waals surface area contributed by atoms with Crippen LogP contribution in [0.4, 0.5) is 21.9 Å². The second-order valence-electron chi connectivity index (χ2n) is 7.73. The summed E-state index contributed by atoms with van der Waals surface area (Å²) < 4.78 is 25.6. The Kier molecular flexibility index (Phi) is 7.04. The third-order valence-electron chi connectivity index (χ3n) is 5.29. The van der Waals surface area contributed by atoms with Crippen molar-refractivity contribution in [1.82, 2.24) is 5.32 Å². The van der Waals surface area contributed by atoms with Gasteiger partial charge in [-0.05, 0) is 60.5 Å². The Morgan fingerprint density at radius 1 is 0.853 bits per heavy atom. The fraction of sp³-hybridized carbons (Fsp3) is 0.167. The number of halogens is 1. The van der Waals surface area contributed by atoms with Crippen molar-refractivity contribution in [3.8, 4) is 0 Å². The number of carbonyl (C=O) groups is 2. The highest BCUT2D eigenvalue weighted by molar-refractivity contribution is 7.93. The van der Waals surface area contributed by atoms with E-state index in [-0.39, 0.29) is 5.75 Å². The number of rotatable bonds is 6. The number of sulfonamides is 1. The number of benzene rings is 3. The molecule has 1 aliphatic heterocycles. The first kappa shape index (κ1) is 23.6. The highest BCUT2D eigenvalue weighted by Crippen LogP contribution is 2.26. The summed E-state index contributed by atoms with van der Waals surface area (Å²) in [5.74, 6) is -0.312. The van der Waals surface area contributed by atoms with E-state index in [4.69, 9.17) is 11.6 Å². The number of nitrogens with zero attached hydrogens (tertiary/aromatic N) is 1. The number of urea groups is 1. The quantitative estimate of drug-likeness (QED) is 0.468. The van der Waals surface area contributed by atoms with Crippen molar-refractivity contribution in [3.63, 3.8) is 0 Å². The van der Waals surface area contributed by atoms with E-state index < -0.39 is 28.0 Å². The van der Waals surface area contributed by atoms with E-state index in [2.05, 4.69) is 16.0 Å². The largest absolute Gasteiger partial charge is 0.324 e. The molecule has 0 aliphatic carbocycles. The van der Waals surface area contributed by atoms with Gasteiger partial charge in [-0.15, -0.1) is 0 Å². The lowest BCUT2D eigenvalue weighted by molar-refractivity contribution is -0.118. The maximum atomic E-state index is 13.1. The van der Waals surface area contributed by atoms with E-state index in [1.807, 2.05) is 6.07 Å². The number of carbonyl (C=O) groups excluding carboxylic acids is 2. The van der Waals surface area contributed by atoms with Gasteiger partial charge in [0, 0.05) is 22.9 Å². The molecule has 8 nitrogen and oxygen atoms in total. The van der Waals surface area contributed by atoms with Gasteiger partial charge in [0.1, 0.15) is 6.04 Å². The minimum atomic E-state index is -3.28. The molecule has 176 valence electrons. The molecule has 3 N–H and O–H groups in total. The van der Waals surface area contributed by atoms with E-state index in [1.54, 1.807) is 72.8 Å². The average molecular weight is 499 g/mol. The molecule has 3 aromatic rings. The smallest absolute Gasteiger partial charge is 0.320 e. The van der Waals surface area contributed by atoms with Gasteiger partial charge in [-0.2, -0.15) is 0 Å². The molecule has 0 unspecified atom stereocenters. The second-order valence-corrected chi connectivity index (χ2v) is 10.2. The summed E-state index contributed by atoms with van der Waals surface area (Å²) >= 11 is 5.88. The van der Waals surface area contributed by atoms with Crippen LogP contribution in [0, 0.1) is 0 Å². The molecule has 10 heteroatoms. The van der Waals surface area contributed by atoms with Gasteiger partial charge >= 0.3 is 6.03 Å². The van der Waals surface area contributed by atoms with Crippen molar-refractivity contribution in [2.75, 3.05) is 27.2 Å². The molecule has 1 saturated heterocycles. The summed E-state index contributed by atoms with van der Waals surface area (Å²) in [5, 5.41) is 8.72. The van der Waals surface area contributed by atoms with E-state index in [1.165, 1.54) is 4.31 Å². The zero-order valence-electron chi connectivity index (χ0n) is 18.1. The molecule has 3 amide bonds. The molecular weight excluding hydrogens is 476 g/mol. The van der Waals surface area contributed by atoms with E-state index in [0.717, 1.165) is 0 Å². The Morgan fingerprint density at radius 3 is 2.09 bits per heavy atom. The maximum absolute atomic E-state index is 13.1. The predicted octanol–water partition coefficient (Wildman–Crippen LogP) is 4.38. The van der Waals surface area contributed by atoms with Crippen molar-refractivity contribution < 1.29 is 18.0 Å². The van der Waals surface area contributed by atoms with Crippen LogP contribution >= 0.6 is 11.6 Å². The topological polar surface area (TPSA) is 108 Å². The van der Waals surface area contributed by atoms with Gasteiger partial charge in [0.2, 0.25) is 10.0 Å². The standard InChI is InChI=1S/C24H23ClN4O4S/c25-18-7-9-20(10-8-18)27-24(31)28-22(17-5-2-1-3-6-17)23(30)26-19-11-13-21(14-12-19)29-15-4-16-34(29,32)33/h1-3,5-14,22H,4,15-16H2,(H,26,30)(H2,27,28,31)/t22-/m1/s1. The lowest BCUT2D eigenvalue weighted by Gasteiger charge is -2.20. The van der Waals surface area contributed by atoms with Crippen molar-refractivity contribution >= 4 is 50.6 Å². The van der Waals surface area contributed by atoms with Gasteiger partial charge in [0.05, 0.1) is 11.4 Å². The third kappa shape index (κ3) is 5.67. The number of hydrogen-bond donors (Lipinski definition) is 3. The molecule has 1 fully saturated rings. The third-order valence-corrected chi connectivity index (χ3v) is 7.42. The molecule has 3 aromatic carbocycles. The molecule has 0 radical (unpaired) electrons. The van der Waals surface area contributed by atoms with Crippen molar-refractivity contribution in [2.45, 2.75) is 12.5 Å². The molecule has 4 rings (SSSR count). The number of nitrogens with one attached hydrogen (secondary N) is 3. The van der Waals surface area contributed by atoms with Crippen LogP contribution in [0.5, 0.6) is 0 Å². The fourth-order valence-electron chi connectivity index (χ4n) is 3.63. The minimum absolute atomic E-state index is 0.133. The average Bonchev–Trinajstić information content (AvgIpc) is 3.19. The van der Waals surface area contributed by atoms with Crippen LogP contribution in [0.15, 0.2) is 78.9 Å². The number of amides is 3. The number of hydrogen-bond acceptors (Lipinski definition) is 4. The van der Waals surface area contributed by atoms with Crippen LogP contribution in [0.1, 0.15) is 18.0 Å². The lowest BCUT2D eigenvalue weighted by atomic mass is 10.1. The molecule has 1 atom stereocenters. The molecular formula is C24H23ClN4O4S. The van der Waals surface area contributed by atoms with E-state index in [0.29, 0.717) is 40.6 Å². The Labute approximate surface area is 203 Å². The van der Waals surface area contributed by atoms with Crippen LogP contribution in [0.25, 0.3) is 0 Å². The Balaban J connectivity index is 1.47. The zero-order chi connectivity index (χ0) is 24.1. The maximum Gasteiger partial charge on any atom is 0.320 e. The molecule has 0 bridgehead atoms. The van der Waals surface area contributed by atoms with E-state index >= 15 is 0 Å². The molecule has 34 heavy (non-hydrogen) atoms. The normalized spacial score (nSPS) is 15.4. The summed E-state index contributed by atoms with van der Waals surface area (Å²) in [6.07, 6.45) is 0.587. The fourth-order valence-corrected chi connectivity index (χ4v) is 5.32. The highest BCUT2D eigenvalue weighted by atomic mass is 35.5. The zero-order valence-corrected chi connectivity index (χ0v) is 19.6. The van der Waals surface area contributed by atoms with Crippen LogP contribution in [-0.4, -0.2) is 32.7 Å². The second kappa shape index (κ2) is 10.1. The molecule has 1 aliphatic rings. The van der Waals surface area contributed by atoms with Gasteiger partial charge < -0.3 is 16.0 Å². The lowest BCUT2D eigenvalue weighted by Crippen LogP contribution is -2.39. The van der Waals surface area contributed by atoms with Gasteiger partial charge in [-0.25, -0.2) is 13.2 Å². The Morgan fingerprint density at radius 2 is 1.47 bits per heavy atom. The van der Waals surface area contributed by atoms with Gasteiger partial charge in [-0.3, -0.25) is 9.10 Å². The highest BCUT2D eigenvalue weighted by Gasteiger charge is 2.28. The Hall–Kier alpha value is -3.56. The van der Waals surface area contributed by atoms with Crippen LogP contribution < -0.4 is 20.3 Å². The first-order chi connectivity index (χ1) is 16.3. The van der Waals surface area contributed by atoms with Crippen LogP contribution in [0.3, 0.4) is 0 Å². The molecule has 1 heterocycles. The predicted molar refractivity (Wildman–Crippen MR) is 134 cm³/mol. The summed E-state index contributed by atoms with van der Waals surface area (Å²) in [6, 6.07) is 20.5. The van der Waals surface area contributed by atoms with Gasteiger partial charge in [0.15, 0.2) is 0 Å². The first-order valence-corrected chi connectivity index (χ1v) is 12.6. The Bertz CT molecular complexity index is 1270. The number of anilines is 3. The van der Waals surface area contributed by atoms with Gasteiger partial charge in [0.25, 0.3) is 5.91 Å². The minimum Gasteiger partial charge on any atom is -0.324 e. The van der Waals surface area contributed by atoms with Crippen LogP contribution in [0.2, 0.25) is 5.02 Å². The summed E-state index contributed by atoms with van der Waals surface area (Å²) in [6.45, 7) is 0.441. The molecule has 0 saturated carbocycles. The molecule has 0 spiro atoms. The summed E-state index contributed by atoms with van der Waals surface area (Å²) in [4.78, 5) is 25.7. The van der Waals surface area contributed by atoms with Crippen molar-refractivity contribution in [1.29, 1.82) is 0 Å². The van der Waals surface area contributed by atoms with E-state index in [9.17, 15) is 18.0 Å². The summed E-state index contributed by atoms with van der Waals surface area (Å²) in [7, 11) is -3.28.